The molecule has 0 radical (unpaired) electrons. The van der Waals surface area contributed by atoms with Crippen molar-refractivity contribution in [1.29, 1.82) is 0 Å². The molecule has 0 aliphatic rings. The van der Waals surface area contributed by atoms with E-state index in [-0.39, 0.29) is 16.5 Å². The molecule has 0 unspecified atom stereocenters. The summed E-state index contributed by atoms with van der Waals surface area (Å²) in [7, 11) is 0. The molecule has 0 aliphatic heterocycles. The van der Waals surface area contributed by atoms with E-state index in [1.165, 1.54) is 18.2 Å². The lowest BCUT2D eigenvalue weighted by molar-refractivity contribution is -0.385. The average Bonchev–Trinajstić information content (AvgIpc) is 2.95. The Morgan fingerprint density at radius 2 is 1.90 bits per heavy atom. The largest absolute Gasteiger partial charge is 0.477 e. The first-order valence-corrected chi connectivity index (χ1v) is 9.14. The van der Waals surface area contributed by atoms with Gasteiger partial charge in [-0.25, -0.2) is 4.68 Å². The first kappa shape index (κ1) is 20.3. The van der Waals surface area contributed by atoms with Crippen LogP contribution >= 0.6 is 11.6 Å². The van der Waals surface area contributed by atoms with Crippen LogP contribution in [0.2, 0.25) is 5.02 Å². The second kappa shape index (κ2) is 8.32. The molecule has 0 spiro atoms. The minimum atomic E-state index is -0.612. The summed E-state index contributed by atoms with van der Waals surface area (Å²) < 4.78 is 7.08. The van der Waals surface area contributed by atoms with Gasteiger partial charge in [0.05, 0.1) is 27.7 Å². The maximum Gasteiger partial charge on any atom is 0.312 e. The van der Waals surface area contributed by atoms with Crippen LogP contribution < -0.4 is 10.1 Å². The van der Waals surface area contributed by atoms with Crippen LogP contribution in [-0.4, -0.2) is 27.2 Å². The van der Waals surface area contributed by atoms with Crippen molar-refractivity contribution in [2.45, 2.75) is 20.8 Å². The van der Waals surface area contributed by atoms with Gasteiger partial charge in [0.1, 0.15) is 0 Å². The summed E-state index contributed by atoms with van der Waals surface area (Å²) in [5.74, 6) is -0.484. The number of hydrogen-bond acceptors (Lipinski definition) is 5. The van der Waals surface area contributed by atoms with Gasteiger partial charge in [-0.1, -0.05) is 29.3 Å². The first-order chi connectivity index (χ1) is 13.8. The van der Waals surface area contributed by atoms with Gasteiger partial charge in [0.15, 0.2) is 12.4 Å². The summed E-state index contributed by atoms with van der Waals surface area (Å²) in [4.78, 5) is 22.9. The fourth-order valence-electron chi connectivity index (χ4n) is 2.84. The predicted octanol–water partition coefficient (Wildman–Crippen LogP) is 4.38. The van der Waals surface area contributed by atoms with E-state index in [0.29, 0.717) is 11.4 Å². The molecule has 0 saturated heterocycles. The van der Waals surface area contributed by atoms with Crippen molar-refractivity contribution in [3.8, 4) is 11.4 Å². The van der Waals surface area contributed by atoms with Gasteiger partial charge in [0.25, 0.3) is 5.91 Å². The number of nitrogens with one attached hydrogen (secondary N) is 1. The number of ether oxygens (including phenoxy) is 1. The molecule has 0 saturated carbocycles. The standard InChI is InChI=1S/C20H19ClN4O4/c1-12-4-7-16(8-5-12)24-14(3)20(13(2)23-24)22-19(26)11-29-18-9-6-15(21)10-17(18)25(27)28/h4-10H,11H2,1-3H3,(H,22,26). The highest BCUT2D eigenvalue weighted by molar-refractivity contribution is 6.30. The minimum Gasteiger partial charge on any atom is -0.477 e. The Balaban J connectivity index is 1.73. The SMILES string of the molecule is Cc1ccc(-n2nc(C)c(NC(=O)COc3ccc(Cl)cc3[N+](=O)[O-])c2C)cc1. The van der Waals surface area contributed by atoms with Crippen molar-refractivity contribution in [3.05, 3.63) is 74.6 Å². The van der Waals surface area contributed by atoms with E-state index in [1.807, 2.05) is 38.1 Å². The van der Waals surface area contributed by atoms with Crippen molar-refractivity contribution in [2.24, 2.45) is 0 Å². The third-order valence-electron chi connectivity index (χ3n) is 4.31. The van der Waals surface area contributed by atoms with Gasteiger partial charge in [0, 0.05) is 11.1 Å². The zero-order valence-electron chi connectivity index (χ0n) is 16.1. The molecule has 1 amide bonds. The zero-order chi connectivity index (χ0) is 21.1. The monoisotopic (exact) mass is 414 g/mol. The van der Waals surface area contributed by atoms with E-state index in [0.717, 1.165) is 16.9 Å². The van der Waals surface area contributed by atoms with Gasteiger partial charge in [0.2, 0.25) is 0 Å². The minimum absolute atomic E-state index is 0.0293. The number of nitro benzene ring substituents is 1. The van der Waals surface area contributed by atoms with Crippen molar-refractivity contribution >= 4 is 28.9 Å². The number of nitrogens with zero attached hydrogens (tertiary/aromatic N) is 3. The van der Waals surface area contributed by atoms with Crippen LogP contribution in [0.3, 0.4) is 0 Å². The van der Waals surface area contributed by atoms with E-state index >= 15 is 0 Å². The molecular formula is C20H19ClN4O4. The van der Waals surface area contributed by atoms with E-state index < -0.39 is 17.4 Å². The quantitative estimate of drug-likeness (QED) is 0.476. The lowest BCUT2D eigenvalue weighted by atomic mass is 10.2. The highest BCUT2D eigenvalue weighted by Crippen LogP contribution is 2.30. The van der Waals surface area contributed by atoms with Gasteiger partial charge >= 0.3 is 5.69 Å². The van der Waals surface area contributed by atoms with E-state index in [1.54, 1.807) is 11.6 Å². The van der Waals surface area contributed by atoms with Crippen LogP contribution in [0, 0.1) is 30.9 Å². The van der Waals surface area contributed by atoms with Crippen LogP contribution in [0.5, 0.6) is 5.75 Å². The maximum absolute atomic E-state index is 12.4. The summed E-state index contributed by atoms with van der Waals surface area (Å²) >= 11 is 5.78. The molecule has 3 rings (SSSR count). The molecule has 29 heavy (non-hydrogen) atoms. The van der Waals surface area contributed by atoms with Gasteiger partial charge in [-0.05, 0) is 45.0 Å². The lowest BCUT2D eigenvalue weighted by Gasteiger charge is -2.09. The molecule has 3 aromatic rings. The smallest absolute Gasteiger partial charge is 0.312 e. The number of aryl methyl sites for hydroxylation is 2. The molecule has 0 bridgehead atoms. The van der Waals surface area contributed by atoms with Crippen LogP contribution in [0.1, 0.15) is 17.0 Å². The van der Waals surface area contributed by atoms with Crippen molar-refractivity contribution in [3.63, 3.8) is 0 Å². The molecular weight excluding hydrogens is 396 g/mol. The lowest BCUT2D eigenvalue weighted by Crippen LogP contribution is -2.21. The van der Waals surface area contributed by atoms with Gasteiger partial charge in [-0.2, -0.15) is 5.10 Å². The number of anilines is 1. The molecule has 1 heterocycles. The Bertz CT molecular complexity index is 1080. The second-order valence-corrected chi connectivity index (χ2v) is 6.94. The third-order valence-corrected chi connectivity index (χ3v) is 4.55. The number of amides is 1. The van der Waals surface area contributed by atoms with Crippen LogP contribution in [-0.2, 0) is 4.79 Å². The normalized spacial score (nSPS) is 10.6. The Hall–Kier alpha value is -3.39. The number of benzene rings is 2. The molecule has 1 aromatic heterocycles. The van der Waals surface area contributed by atoms with E-state index in [4.69, 9.17) is 16.3 Å². The summed E-state index contributed by atoms with van der Waals surface area (Å²) in [6.45, 7) is 5.25. The second-order valence-electron chi connectivity index (χ2n) is 6.50. The highest BCUT2D eigenvalue weighted by atomic mass is 35.5. The zero-order valence-corrected chi connectivity index (χ0v) is 16.9. The number of nitro groups is 1. The topological polar surface area (TPSA) is 99.3 Å². The van der Waals surface area contributed by atoms with Gasteiger partial charge < -0.3 is 10.1 Å². The average molecular weight is 415 g/mol. The summed E-state index contributed by atoms with van der Waals surface area (Å²) in [5.41, 5.74) is 3.70. The molecule has 0 aliphatic carbocycles. The maximum atomic E-state index is 12.4. The fourth-order valence-corrected chi connectivity index (χ4v) is 3.00. The predicted molar refractivity (Wildman–Crippen MR) is 110 cm³/mol. The third kappa shape index (κ3) is 4.55. The Kier molecular flexibility index (Phi) is 5.84. The fraction of sp³-hybridized carbons (Fsp3) is 0.200. The summed E-state index contributed by atoms with van der Waals surface area (Å²) in [5, 5.41) is 18.6. The number of halogens is 1. The number of carbonyl (C=O) groups is 1. The van der Waals surface area contributed by atoms with Crippen molar-refractivity contribution in [2.75, 3.05) is 11.9 Å². The number of aromatic nitrogens is 2. The Morgan fingerprint density at radius 1 is 1.21 bits per heavy atom. The number of rotatable bonds is 6. The Labute approximate surface area is 172 Å². The molecule has 150 valence electrons. The molecule has 8 nitrogen and oxygen atoms in total. The molecule has 2 aromatic carbocycles. The molecule has 0 fully saturated rings. The Morgan fingerprint density at radius 3 is 2.55 bits per heavy atom. The molecule has 9 heteroatoms. The van der Waals surface area contributed by atoms with Crippen molar-refractivity contribution < 1.29 is 14.5 Å². The first-order valence-electron chi connectivity index (χ1n) is 8.76. The molecule has 0 atom stereocenters. The summed E-state index contributed by atoms with van der Waals surface area (Å²) in [6.07, 6.45) is 0. The van der Waals surface area contributed by atoms with Crippen LogP contribution in [0.25, 0.3) is 5.69 Å². The van der Waals surface area contributed by atoms with Crippen LogP contribution in [0.4, 0.5) is 11.4 Å². The highest BCUT2D eigenvalue weighted by Gasteiger charge is 2.19. The summed E-state index contributed by atoms with van der Waals surface area (Å²) in [6, 6.07) is 11.9. The van der Waals surface area contributed by atoms with Gasteiger partial charge in [-0.15, -0.1) is 0 Å². The molecule has 1 N–H and O–H groups in total. The van der Waals surface area contributed by atoms with Crippen molar-refractivity contribution in [1.82, 2.24) is 9.78 Å². The van der Waals surface area contributed by atoms with Gasteiger partial charge in [-0.3, -0.25) is 14.9 Å². The van der Waals surface area contributed by atoms with E-state index in [2.05, 4.69) is 10.4 Å². The van der Waals surface area contributed by atoms with Crippen LogP contribution in [0.15, 0.2) is 42.5 Å². The number of hydrogen-bond donors (Lipinski definition) is 1. The number of carbonyl (C=O) groups excluding carboxylic acids is 1. The van der Waals surface area contributed by atoms with E-state index in [9.17, 15) is 14.9 Å².